The first-order valence-electron chi connectivity index (χ1n) is 21.7. The Balaban J connectivity index is 0.000000173. The molecule has 4 heterocycles. The van der Waals surface area contributed by atoms with Crippen molar-refractivity contribution < 1.29 is 54.4 Å². The summed E-state index contributed by atoms with van der Waals surface area (Å²) >= 11 is 7.00. The quantitative estimate of drug-likeness (QED) is 0.0511. The van der Waals surface area contributed by atoms with Gasteiger partial charge >= 0.3 is 6.18 Å². The van der Waals surface area contributed by atoms with E-state index in [1.807, 2.05) is 30.5 Å². The molecule has 14 nitrogen and oxygen atoms in total. The Kier molecular flexibility index (Phi) is 16.3. The van der Waals surface area contributed by atoms with Crippen molar-refractivity contribution in [1.29, 1.82) is 0 Å². The Morgan fingerprint density at radius 2 is 1.88 bits per heavy atom. The van der Waals surface area contributed by atoms with E-state index in [4.69, 9.17) is 32.0 Å². The van der Waals surface area contributed by atoms with Gasteiger partial charge in [0.2, 0.25) is 10.7 Å². The van der Waals surface area contributed by atoms with Gasteiger partial charge in [0.1, 0.15) is 23.1 Å². The molecule has 21 heteroatoms. The minimum absolute atomic E-state index is 0.0223. The molecule has 0 bridgehead atoms. The Hall–Kier alpha value is -5.88. The molecule has 0 N–H and O–H groups in total. The van der Waals surface area contributed by atoms with Crippen molar-refractivity contribution in [3.05, 3.63) is 105 Å². The fourth-order valence-electron chi connectivity index (χ4n) is 7.96. The molecule has 3 aliphatic rings. The zero-order valence-corrected chi connectivity index (χ0v) is 41.3. The van der Waals surface area contributed by atoms with E-state index in [0.717, 1.165) is 67.2 Å². The van der Waals surface area contributed by atoms with E-state index < -0.39 is 38.1 Å². The van der Waals surface area contributed by atoms with Gasteiger partial charge in [-0.25, -0.2) is 17.8 Å². The predicted molar refractivity (Wildman–Crippen MR) is 252 cm³/mol. The third-order valence-corrected chi connectivity index (χ3v) is 13.5. The van der Waals surface area contributed by atoms with Crippen LogP contribution in [0.25, 0.3) is 0 Å². The number of aromatic nitrogens is 3. The van der Waals surface area contributed by atoms with Crippen LogP contribution < -0.4 is 19.3 Å². The van der Waals surface area contributed by atoms with Gasteiger partial charge in [-0.1, -0.05) is 50.0 Å². The van der Waals surface area contributed by atoms with Gasteiger partial charge in [0.25, 0.3) is 5.91 Å². The van der Waals surface area contributed by atoms with Crippen LogP contribution in [0, 0.1) is 30.5 Å². The monoisotopic (exact) mass is 1010 g/mol. The van der Waals surface area contributed by atoms with Crippen molar-refractivity contribution in [2.75, 3.05) is 48.8 Å². The summed E-state index contributed by atoms with van der Waals surface area (Å²) in [6, 6.07) is 10.8. The summed E-state index contributed by atoms with van der Waals surface area (Å²) in [6.45, 7) is 11.6. The molecule has 1 unspecified atom stereocenters. The molecule has 0 saturated heterocycles. The highest BCUT2D eigenvalue weighted by molar-refractivity contribution is 7.90. The van der Waals surface area contributed by atoms with Crippen LogP contribution in [0.4, 0.5) is 34.6 Å². The highest BCUT2D eigenvalue weighted by Gasteiger charge is 2.37. The van der Waals surface area contributed by atoms with Crippen LogP contribution in [-0.4, -0.2) is 85.2 Å². The lowest BCUT2D eigenvalue weighted by Gasteiger charge is -2.31. The number of hydrogen-bond acceptors (Lipinski definition) is 12. The number of carbonyl (C=O) groups is 3. The molecule has 5 aromatic rings. The van der Waals surface area contributed by atoms with Gasteiger partial charge in [0, 0.05) is 55.4 Å². The molecule has 3 aromatic carbocycles. The number of terminal acetylenes is 1. The van der Waals surface area contributed by atoms with E-state index in [1.54, 1.807) is 12.0 Å². The number of halogens is 5. The zero-order valence-electron chi connectivity index (χ0n) is 38.9. The number of alkyl halides is 4. The minimum atomic E-state index is -4.71. The molecule has 1 aliphatic carbocycles. The molecule has 69 heavy (non-hydrogen) atoms. The number of aryl methyl sites for hydroxylation is 2. The SMILES string of the molecule is C#CCN1C(=O)COc2cc(F)c(N=c3snc4n3CC(C)(C)C4)cc21.CCc1cccc(C)c1N(C(=O)CCl)C(C)COC.CS(=O)(=O)c1cc(C(F)(F)F)ccc1C(=O)c1cnoc1C1CC1. The number of nitrogens with zero attached hydrogens (tertiary/aromatic N) is 6. The van der Waals surface area contributed by atoms with E-state index >= 15 is 0 Å². The maximum atomic E-state index is 14.5. The molecule has 1 saturated carbocycles. The molecule has 2 aromatic heterocycles. The molecular weight excluding hydrogens is 964 g/mol. The zero-order chi connectivity index (χ0) is 50.6. The van der Waals surface area contributed by atoms with Crippen molar-refractivity contribution in [2.45, 2.75) is 89.9 Å². The number of hydrogen-bond donors (Lipinski definition) is 0. The molecule has 368 valence electrons. The van der Waals surface area contributed by atoms with Gasteiger partial charge in [0.05, 0.1) is 52.8 Å². The van der Waals surface area contributed by atoms with Crippen LogP contribution in [-0.2, 0) is 49.7 Å². The average molecular weight is 1020 g/mol. The standard InChI is InChI=1S/C18H17FN4O2S.C15H22ClNO2.C15H12F3NO4S/c1-4-5-22-13-7-12(11(19)6-14(13)25-9-16(22)24)20-17-23-10-18(2,3)8-15(23)21-26-17;1-5-13-8-6-7-11(2)15(13)17(14(18)9-16)12(3)10-19-4;1-24(21,22)12-6-9(15(16,17)18)4-5-10(12)13(20)11-7-19-23-14(11)8-2-3-8/h1,6-7H,5,8-10H2,2-3H3;6-8,12H,5,9-10H2,1-4H3;4-8H,2-3H2,1H3. The summed E-state index contributed by atoms with van der Waals surface area (Å²) < 4.78 is 98.8. The number of rotatable bonds is 12. The maximum Gasteiger partial charge on any atom is 0.416 e. The molecule has 0 spiro atoms. The fourth-order valence-corrected chi connectivity index (χ4v) is 9.75. The van der Waals surface area contributed by atoms with Crippen LogP contribution in [0.15, 0.2) is 69.1 Å². The van der Waals surface area contributed by atoms with E-state index in [1.165, 1.54) is 34.8 Å². The smallest absolute Gasteiger partial charge is 0.416 e. The average Bonchev–Trinajstić information content (AvgIpc) is 3.78. The number of benzene rings is 3. The Bertz CT molecular complexity index is 2970. The summed E-state index contributed by atoms with van der Waals surface area (Å²) in [4.78, 5) is 44.5. The third-order valence-electron chi connectivity index (χ3n) is 11.4. The maximum absolute atomic E-state index is 14.5. The van der Waals surface area contributed by atoms with Crippen molar-refractivity contribution in [3.8, 4) is 18.1 Å². The molecule has 2 aliphatic heterocycles. The minimum Gasteiger partial charge on any atom is -0.481 e. The molecule has 1 atom stereocenters. The summed E-state index contributed by atoms with van der Waals surface area (Å²) in [5.74, 6) is 2.49. The number of para-hydroxylation sites is 1. The summed E-state index contributed by atoms with van der Waals surface area (Å²) in [5.41, 5.74) is 2.52. The Morgan fingerprint density at radius 1 is 1.16 bits per heavy atom. The lowest BCUT2D eigenvalue weighted by molar-refractivity contribution is -0.137. The summed E-state index contributed by atoms with van der Waals surface area (Å²) in [5, 5.41) is 3.55. The Morgan fingerprint density at radius 3 is 2.51 bits per heavy atom. The Labute approximate surface area is 406 Å². The van der Waals surface area contributed by atoms with E-state index in [-0.39, 0.29) is 65.0 Å². The summed E-state index contributed by atoms with van der Waals surface area (Å²) in [7, 11) is -2.40. The lowest BCUT2D eigenvalue weighted by Crippen LogP contribution is -2.43. The number of methoxy groups -OCH3 is 1. The van der Waals surface area contributed by atoms with Crippen molar-refractivity contribution in [1.82, 2.24) is 14.1 Å². The number of fused-ring (bicyclic) bond motifs is 2. The number of anilines is 2. The number of sulfone groups is 1. The third kappa shape index (κ3) is 12.1. The van der Waals surface area contributed by atoms with Crippen molar-refractivity contribution in [2.24, 2.45) is 10.4 Å². The van der Waals surface area contributed by atoms with Gasteiger partial charge in [0.15, 0.2) is 33.8 Å². The van der Waals surface area contributed by atoms with Crippen LogP contribution in [0.3, 0.4) is 0 Å². The first-order valence-corrected chi connectivity index (χ1v) is 24.9. The first kappa shape index (κ1) is 52.5. The van der Waals surface area contributed by atoms with Gasteiger partial charge in [-0.2, -0.15) is 17.5 Å². The lowest BCUT2D eigenvalue weighted by atomic mass is 9.92. The molecule has 0 radical (unpaired) electrons. The topological polar surface area (TPSA) is 166 Å². The van der Waals surface area contributed by atoms with Crippen LogP contribution in [0.2, 0.25) is 0 Å². The van der Waals surface area contributed by atoms with Gasteiger partial charge in [-0.3, -0.25) is 19.3 Å². The van der Waals surface area contributed by atoms with E-state index in [0.29, 0.717) is 40.7 Å². The first-order chi connectivity index (χ1) is 32.5. The second-order valence-corrected chi connectivity index (χ2v) is 20.5. The number of ketones is 1. The van der Waals surface area contributed by atoms with Crippen LogP contribution in [0.1, 0.15) is 90.7 Å². The number of amides is 2. The molecule has 8 rings (SSSR count). The molecular formula is C48H51ClF4N6O8S2. The highest BCUT2D eigenvalue weighted by Crippen LogP contribution is 2.43. The highest BCUT2D eigenvalue weighted by atomic mass is 35.5. The normalized spacial score (nSPS) is 15.7. The molecule has 1 fully saturated rings. The van der Waals surface area contributed by atoms with Crippen molar-refractivity contribution >= 4 is 67.6 Å². The predicted octanol–water partition coefficient (Wildman–Crippen LogP) is 8.63. The summed E-state index contributed by atoms with van der Waals surface area (Å²) in [6.07, 6.45) is 5.95. The second kappa shape index (κ2) is 21.4. The molecule has 2 amide bonds. The van der Waals surface area contributed by atoms with Crippen LogP contribution in [0.5, 0.6) is 5.75 Å². The van der Waals surface area contributed by atoms with Gasteiger partial charge in [-0.15, -0.1) is 18.0 Å². The van der Waals surface area contributed by atoms with Crippen LogP contribution >= 0.6 is 23.1 Å². The number of carbonyl (C=O) groups excluding carboxylic acids is 3. The largest absolute Gasteiger partial charge is 0.481 e. The fraction of sp³-hybridized carbons (Fsp3) is 0.417. The second-order valence-electron chi connectivity index (χ2n) is 17.5. The number of ether oxygens (including phenoxy) is 2. The van der Waals surface area contributed by atoms with E-state index in [2.05, 4.69) is 47.3 Å². The van der Waals surface area contributed by atoms with Crippen molar-refractivity contribution in [3.63, 3.8) is 0 Å². The van der Waals surface area contributed by atoms with Gasteiger partial charge < -0.3 is 23.5 Å². The van der Waals surface area contributed by atoms with Gasteiger partial charge in [-0.05, 0) is 73.9 Å². The van der Waals surface area contributed by atoms with E-state index in [9.17, 15) is 40.4 Å².